The first-order chi connectivity index (χ1) is 6.72. The van der Waals surface area contributed by atoms with E-state index in [1.165, 1.54) is 7.11 Å². The zero-order chi connectivity index (χ0) is 10.1. The molecule has 2 rings (SSSR count). The molecule has 1 heterocycles. The van der Waals surface area contributed by atoms with Crippen molar-refractivity contribution in [3.05, 3.63) is 34.9 Å². The van der Waals surface area contributed by atoms with E-state index in [2.05, 4.69) is 0 Å². The molecule has 0 aliphatic carbocycles. The lowest BCUT2D eigenvalue weighted by Gasteiger charge is -2.02. The lowest BCUT2D eigenvalue weighted by atomic mass is 10.1. The Balaban J connectivity index is 2.42. The Kier molecular flexibility index (Phi) is 1.96. The molecular weight excluding hydrogens is 182 g/mol. The monoisotopic (exact) mass is 191 g/mol. The Labute approximate surface area is 81.0 Å². The average molecular weight is 191 g/mol. The molecule has 0 fully saturated rings. The lowest BCUT2D eigenvalue weighted by Crippen LogP contribution is -2.02. The molecule has 0 spiro atoms. The highest BCUT2D eigenvalue weighted by Crippen LogP contribution is 2.21. The molecule has 72 valence electrons. The SMILES string of the molecule is COC(=N)c1ccc2c(c1)COC2=O. The quantitative estimate of drug-likeness (QED) is 0.414. The highest BCUT2D eigenvalue weighted by molar-refractivity contribution is 5.97. The number of nitrogens with one attached hydrogen (secondary N) is 1. The van der Waals surface area contributed by atoms with Gasteiger partial charge < -0.3 is 9.47 Å². The van der Waals surface area contributed by atoms with Crippen LogP contribution in [0.15, 0.2) is 18.2 Å². The Morgan fingerprint density at radius 2 is 2.36 bits per heavy atom. The molecular formula is C10H9NO3. The third-order valence-electron chi connectivity index (χ3n) is 2.15. The first-order valence-electron chi connectivity index (χ1n) is 4.15. The summed E-state index contributed by atoms with van der Waals surface area (Å²) in [5.41, 5.74) is 2.05. The number of ether oxygens (including phenoxy) is 2. The Bertz CT molecular complexity index is 412. The summed E-state index contributed by atoms with van der Waals surface area (Å²) in [7, 11) is 1.44. The second-order valence-corrected chi connectivity index (χ2v) is 2.98. The normalized spacial score (nSPS) is 13.4. The molecule has 0 atom stereocenters. The van der Waals surface area contributed by atoms with Gasteiger partial charge in [-0.2, -0.15) is 0 Å². The van der Waals surface area contributed by atoms with Crippen LogP contribution in [0.25, 0.3) is 0 Å². The van der Waals surface area contributed by atoms with E-state index in [9.17, 15) is 4.79 Å². The topological polar surface area (TPSA) is 59.4 Å². The number of hydrogen-bond donors (Lipinski definition) is 1. The van der Waals surface area contributed by atoms with Crippen molar-refractivity contribution in [1.82, 2.24) is 0 Å². The molecule has 0 aromatic heterocycles. The van der Waals surface area contributed by atoms with Crippen molar-refractivity contribution in [3.8, 4) is 0 Å². The number of carbonyl (C=O) groups excluding carboxylic acids is 1. The second-order valence-electron chi connectivity index (χ2n) is 2.98. The van der Waals surface area contributed by atoms with Crippen LogP contribution in [-0.2, 0) is 16.1 Å². The van der Waals surface area contributed by atoms with Gasteiger partial charge in [0.2, 0.25) is 5.90 Å². The van der Waals surface area contributed by atoms with E-state index in [0.717, 1.165) is 5.56 Å². The smallest absolute Gasteiger partial charge is 0.338 e. The van der Waals surface area contributed by atoms with E-state index in [1.54, 1.807) is 18.2 Å². The fraction of sp³-hybridized carbons (Fsp3) is 0.200. The van der Waals surface area contributed by atoms with E-state index in [1.807, 2.05) is 0 Å². The summed E-state index contributed by atoms with van der Waals surface area (Å²) in [6.07, 6.45) is 0. The summed E-state index contributed by atoms with van der Waals surface area (Å²) < 4.78 is 9.62. The van der Waals surface area contributed by atoms with Crippen molar-refractivity contribution >= 4 is 11.9 Å². The lowest BCUT2D eigenvalue weighted by molar-refractivity contribution is 0.0535. The molecule has 14 heavy (non-hydrogen) atoms. The number of carbonyl (C=O) groups is 1. The highest BCUT2D eigenvalue weighted by Gasteiger charge is 2.21. The zero-order valence-corrected chi connectivity index (χ0v) is 7.66. The van der Waals surface area contributed by atoms with E-state index in [0.29, 0.717) is 17.7 Å². The summed E-state index contributed by atoms with van der Waals surface area (Å²) in [6, 6.07) is 5.08. The Hall–Kier alpha value is -1.84. The van der Waals surface area contributed by atoms with Gasteiger partial charge in [-0.1, -0.05) is 0 Å². The van der Waals surface area contributed by atoms with Crippen LogP contribution < -0.4 is 0 Å². The molecule has 1 aromatic rings. The van der Waals surface area contributed by atoms with Crippen molar-refractivity contribution in [2.75, 3.05) is 7.11 Å². The molecule has 0 radical (unpaired) electrons. The number of methoxy groups -OCH3 is 1. The van der Waals surface area contributed by atoms with Crippen LogP contribution in [0.2, 0.25) is 0 Å². The van der Waals surface area contributed by atoms with Gasteiger partial charge in [-0.25, -0.2) is 4.79 Å². The Morgan fingerprint density at radius 3 is 3.07 bits per heavy atom. The van der Waals surface area contributed by atoms with Gasteiger partial charge >= 0.3 is 5.97 Å². The molecule has 0 amide bonds. The molecule has 4 nitrogen and oxygen atoms in total. The number of cyclic esters (lactones) is 1. The van der Waals surface area contributed by atoms with Gasteiger partial charge in [0.05, 0.1) is 12.7 Å². The molecule has 1 aromatic carbocycles. The molecule has 0 saturated heterocycles. The second kappa shape index (κ2) is 3.14. The third kappa shape index (κ3) is 1.25. The summed E-state index contributed by atoms with van der Waals surface area (Å²) in [4.78, 5) is 11.1. The van der Waals surface area contributed by atoms with Gasteiger partial charge in [0.15, 0.2) is 0 Å². The minimum absolute atomic E-state index is 0.0900. The van der Waals surface area contributed by atoms with Crippen molar-refractivity contribution in [1.29, 1.82) is 5.41 Å². The minimum Gasteiger partial charge on any atom is -0.481 e. The maximum Gasteiger partial charge on any atom is 0.338 e. The van der Waals surface area contributed by atoms with Crippen LogP contribution in [0.4, 0.5) is 0 Å². The predicted molar refractivity (Wildman–Crippen MR) is 49.4 cm³/mol. The zero-order valence-electron chi connectivity index (χ0n) is 7.66. The van der Waals surface area contributed by atoms with E-state index < -0.39 is 0 Å². The van der Waals surface area contributed by atoms with E-state index >= 15 is 0 Å². The molecule has 1 aliphatic rings. The molecule has 1 aliphatic heterocycles. The summed E-state index contributed by atoms with van der Waals surface area (Å²) in [6.45, 7) is 0.291. The molecule has 4 heteroatoms. The standard InChI is InChI=1S/C10H9NO3/c1-13-9(11)6-2-3-8-7(4-6)5-14-10(8)12/h2-4,11H,5H2,1H3. The van der Waals surface area contributed by atoms with Crippen molar-refractivity contribution < 1.29 is 14.3 Å². The summed E-state index contributed by atoms with van der Waals surface area (Å²) in [5, 5.41) is 7.44. The van der Waals surface area contributed by atoms with Gasteiger partial charge in [0.25, 0.3) is 0 Å². The highest BCUT2D eigenvalue weighted by atomic mass is 16.5. The van der Waals surface area contributed by atoms with Crippen LogP contribution in [0.1, 0.15) is 21.5 Å². The molecule has 0 saturated carbocycles. The summed E-state index contributed by atoms with van der Waals surface area (Å²) in [5.74, 6) is -0.206. The molecule has 1 N–H and O–H groups in total. The third-order valence-corrected chi connectivity index (χ3v) is 2.15. The van der Waals surface area contributed by atoms with Gasteiger partial charge in [0, 0.05) is 11.1 Å². The maximum atomic E-state index is 11.1. The number of benzene rings is 1. The molecule has 0 unspecified atom stereocenters. The number of rotatable bonds is 1. The predicted octanol–water partition coefficient (Wildman–Crippen LogP) is 1.33. The van der Waals surface area contributed by atoms with Gasteiger partial charge in [0.1, 0.15) is 6.61 Å². The average Bonchev–Trinajstić information content (AvgIpc) is 2.59. The van der Waals surface area contributed by atoms with Gasteiger partial charge in [-0.05, 0) is 18.2 Å². The first-order valence-corrected chi connectivity index (χ1v) is 4.15. The van der Waals surface area contributed by atoms with Crippen molar-refractivity contribution in [3.63, 3.8) is 0 Å². The summed E-state index contributed by atoms with van der Waals surface area (Å²) >= 11 is 0. The Morgan fingerprint density at radius 1 is 1.57 bits per heavy atom. The number of hydrogen-bond acceptors (Lipinski definition) is 4. The van der Waals surface area contributed by atoms with E-state index in [4.69, 9.17) is 14.9 Å². The molecule has 0 bridgehead atoms. The van der Waals surface area contributed by atoms with Crippen LogP contribution in [0.5, 0.6) is 0 Å². The fourth-order valence-electron chi connectivity index (χ4n) is 1.39. The van der Waals surface area contributed by atoms with Crippen molar-refractivity contribution in [2.24, 2.45) is 0 Å². The van der Waals surface area contributed by atoms with Crippen molar-refractivity contribution in [2.45, 2.75) is 6.61 Å². The van der Waals surface area contributed by atoms with Crippen LogP contribution in [-0.4, -0.2) is 19.0 Å². The van der Waals surface area contributed by atoms with Crippen LogP contribution in [0.3, 0.4) is 0 Å². The minimum atomic E-state index is -0.296. The number of esters is 1. The first kappa shape index (κ1) is 8.74. The largest absolute Gasteiger partial charge is 0.481 e. The van der Waals surface area contributed by atoms with Gasteiger partial charge in [-0.3, -0.25) is 5.41 Å². The maximum absolute atomic E-state index is 11.1. The van der Waals surface area contributed by atoms with Crippen LogP contribution in [0, 0.1) is 5.41 Å². The van der Waals surface area contributed by atoms with E-state index in [-0.39, 0.29) is 11.9 Å². The number of fused-ring (bicyclic) bond motifs is 1. The fourth-order valence-corrected chi connectivity index (χ4v) is 1.39. The van der Waals surface area contributed by atoms with Crippen LogP contribution >= 0.6 is 0 Å². The van der Waals surface area contributed by atoms with Gasteiger partial charge in [-0.15, -0.1) is 0 Å².